The molecule has 1 atom stereocenters. The van der Waals surface area contributed by atoms with Crippen LogP contribution in [0.3, 0.4) is 0 Å². The molecule has 2 N–H and O–H groups in total. The Morgan fingerprint density at radius 2 is 2.29 bits per heavy atom. The summed E-state index contributed by atoms with van der Waals surface area (Å²) in [6, 6.07) is 7.49. The second-order valence-electron chi connectivity index (χ2n) is 3.62. The molecular formula is C11H10BrN5. The lowest BCUT2D eigenvalue weighted by Gasteiger charge is -2.12. The molecule has 0 aliphatic carbocycles. The van der Waals surface area contributed by atoms with Gasteiger partial charge in [-0.25, -0.2) is 9.67 Å². The number of nitrogens with zero attached hydrogens (tertiary/aromatic N) is 4. The SMILES string of the molecule is CC(N)c1cc(Br)ccc1-n1cnc(C#N)n1. The van der Waals surface area contributed by atoms with Crippen LogP contribution in [0.1, 0.15) is 24.4 Å². The molecule has 0 saturated heterocycles. The highest BCUT2D eigenvalue weighted by molar-refractivity contribution is 9.10. The van der Waals surface area contributed by atoms with E-state index in [0.717, 1.165) is 15.7 Å². The van der Waals surface area contributed by atoms with Gasteiger partial charge in [0.05, 0.1) is 5.69 Å². The van der Waals surface area contributed by atoms with Crippen LogP contribution in [0.2, 0.25) is 0 Å². The summed E-state index contributed by atoms with van der Waals surface area (Å²) in [7, 11) is 0. The number of hydrogen-bond acceptors (Lipinski definition) is 4. The Morgan fingerprint density at radius 3 is 2.88 bits per heavy atom. The quantitative estimate of drug-likeness (QED) is 0.917. The number of halogens is 1. The number of rotatable bonds is 2. The maximum Gasteiger partial charge on any atom is 0.252 e. The van der Waals surface area contributed by atoms with Gasteiger partial charge in [0.15, 0.2) is 0 Å². The van der Waals surface area contributed by atoms with E-state index in [-0.39, 0.29) is 11.9 Å². The van der Waals surface area contributed by atoms with Crippen LogP contribution >= 0.6 is 15.9 Å². The van der Waals surface area contributed by atoms with Crippen molar-refractivity contribution in [3.63, 3.8) is 0 Å². The van der Waals surface area contributed by atoms with Gasteiger partial charge in [-0.3, -0.25) is 0 Å². The molecule has 1 aromatic heterocycles. The van der Waals surface area contributed by atoms with E-state index in [2.05, 4.69) is 26.0 Å². The van der Waals surface area contributed by atoms with E-state index in [4.69, 9.17) is 11.0 Å². The van der Waals surface area contributed by atoms with Crippen molar-refractivity contribution in [3.05, 3.63) is 40.4 Å². The van der Waals surface area contributed by atoms with Crippen molar-refractivity contribution in [2.24, 2.45) is 5.73 Å². The molecular weight excluding hydrogens is 282 g/mol. The van der Waals surface area contributed by atoms with Crippen molar-refractivity contribution >= 4 is 15.9 Å². The van der Waals surface area contributed by atoms with Gasteiger partial charge in [0.25, 0.3) is 5.82 Å². The molecule has 0 bridgehead atoms. The fraction of sp³-hybridized carbons (Fsp3) is 0.182. The monoisotopic (exact) mass is 291 g/mol. The molecule has 1 unspecified atom stereocenters. The number of nitrogens with two attached hydrogens (primary N) is 1. The Hall–Kier alpha value is -1.71. The molecule has 0 fully saturated rings. The Bertz CT molecular complexity index is 582. The second kappa shape index (κ2) is 4.65. The van der Waals surface area contributed by atoms with Gasteiger partial charge in [-0.15, -0.1) is 5.10 Å². The zero-order valence-corrected chi connectivity index (χ0v) is 10.7. The van der Waals surface area contributed by atoms with Crippen molar-refractivity contribution in [1.82, 2.24) is 14.8 Å². The predicted octanol–water partition coefficient (Wildman–Crippen LogP) is 1.92. The lowest BCUT2D eigenvalue weighted by molar-refractivity contribution is 0.778. The summed E-state index contributed by atoms with van der Waals surface area (Å²) in [5.74, 6) is 0.142. The van der Waals surface area contributed by atoms with Gasteiger partial charge in [-0.1, -0.05) is 15.9 Å². The molecule has 0 saturated carbocycles. The first-order valence-electron chi connectivity index (χ1n) is 4.99. The largest absolute Gasteiger partial charge is 0.324 e. The van der Waals surface area contributed by atoms with Crippen molar-refractivity contribution in [2.45, 2.75) is 13.0 Å². The topological polar surface area (TPSA) is 80.5 Å². The average Bonchev–Trinajstić information content (AvgIpc) is 2.77. The molecule has 0 spiro atoms. The molecule has 5 nitrogen and oxygen atoms in total. The number of hydrogen-bond donors (Lipinski definition) is 1. The van der Waals surface area contributed by atoms with Crippen molar-refractivity contribution in [3.8, 4) is 11.8 Å². The van der Waals surface area contributed by atoms with Crippen LogP contribution in [0.15, 0.2) is 29.0 Å². The molecule has 0 aliphatic heterocycles. The molecule has 0 aliphatic rings. The first kappa shape index (κ1) is 11.8. The summed E-state index contributed by atoms with van der Waals surface area (Å²) in [5.41, 5.74) is 7.68. The summed E-state index contributed by atoms with van der Waals surface area (Å²) in [6.45, 7) is 1.90. The summed E-state index contributed by atoms with van der Waals surface area (Å²) < 4.78 is 2.51. The summed E-state index contributed by atoms with van der Waals surface area (Å²) >= 11 is 3.40. The van der Waals surface area contributed by atoms with E-state index >= 15 is 0 Å². The standard InChI is InChI=1S/C11H10BrN5/c1-7(14)9-4-8(12)2-3-10(9)17-6-15-11(5-13)16-17/h2-4,6-7H,14H2,1H3. The van der Waals surface area contributed by atoms with Crippen LogP contribution < -0.4 is 5.73 Å². The van der Waals surface area contributed by atoms with Crippen molar-refractivity contribution < 1.29 is 0 Å². The Morgan fingerprint density at radius 1 is 1.53 bits per heavy atom. The molecule has 2 aromatic rings. The Kier molecular flexibility index (Phi) is 3.22. The van der Waals surface area contributed by atoms with Gasteiger partial charge >= 0.3 is 0 Å². The van der Waals surface area contributed by atoms with E-state index < -0.39 is 0 Å². The third-order valence-electron chi connectivity index (χ3n) is 2.32. The molecule has 0 amide bonds. The lowest BCUT2D eigenvalue weighted by Crippen LogP contribution is -2.10. The van der Waals surface area contributed by atoms with E-state index in [1.165, 1.54) is 6.33 Å². The fourth-order valence-corrected chi connectivity index (χ4v) is 1.91. The first-order chi connectivity index (χ1) is 8.11. The fourth-order valence-electron chi connectivity index (χ4n) is 1.53. The van der Waals surface area contributed by atoms with Crippen LogP contribution in [0.4, 0.5) is 0 Å². The number of nitriles is 1. The Balaban J connectivity index is 2.55. The van der Waals surface area contributed by atoms with Gasteiger partial charge in [-0.2, -0.15) is 5.26 Å². The molecule has 17 heavy (non-hydrogen) atoms. The molecule has 0 radical (unpaired) electrons. The van der Waals surface area contributed by atoms with Crippen LogP contribution in [0.5, 0.6) is 0 Å². The minimum absolute atomic E-state index is 0.128. The van der Waals surface area contributed by atoms with Gasteiger partial charge in [-0.05, 0) is 30.7 Å². The Labute approximate surface area is 107 Å². The molecule has 6 heteroatoms. The number of benzene rings is 1. The minimum Gasteiger partial charge on any atom is -0.324 e. The molecule has 1 heterocycles. The van der Waals surface area contributed by atoms with Crippen LogP contribution in [0.25, 0.3) is 5.69 Å². The van der Waals surface area contributed by atoms with E-state index in [9.17, 15) is 0 Å². The third-order valence-corrected chi connectivity index (χ3v) is 2.81. The second-order valence-corrected chi connectivity index (χ2v) is 4.53. The number of aromatic nitrogens is 3. The first-order valence-corrected chi connectivity index (χ1v) is 5.78. The minimum atomic E-state index is -0.128. The maximum absolute atomic E-state index is 8.70. The smallest absolute Gasteiger partial charge is 0.252 e. The predicted molar refractivity (Wildman–Crippen MR) is 66.4 cm³/mol. The maximum atomic E-state index is 8.70. The summed E-state index contributed by atoms with van der Waals surface area (Å²) in [4.78, 5) is 3.87. The molecule has 2 rings (SSSR count). The van der Waals surface area contributed by atoms with Gasteiger partial charge < -0.3 is 5.73 Å². The van der Waals surface area contributed by atoms with Crippen LogP contribution in [-0.2, 0) is 0 Å². The van der Waals surface area contributed by atoms with Crippen LogP contribution in [-0.4, -0.2) is 14.8 Å². The van der Waals surface area contributed by atoms with E-state index in [1.54, 1.807) is 4.68 Å². The van der Waals surface area contributed by atoms with Crippen molar-refractivity contribution in [1.29, 1.82) is 5.26 Å². The molecule has 86 valence electrons. The van der Waals surface area contributed by atoms with Gasteiger partial charge in [0.2, 0.25) is 0 Å². The normalized spacial score (nSPS) is 12.1. The highest BCUT2D eigenvalue weighted by atomic mass is 79.9. The lowest BCUT2D eigenvalue weighted by atomic mass is 10.1. The zero-order chi connectivity index (χ0) is 12.4. The molecule has 1 aromatic carbocycles. The summed E-state index contributed by atoms with van der Waals surface area (Å²) in [5, 5.41) is 12.7. The van der Waals surface area contributed by atoms with E-state index in [1.807, 2.05) is 31.2 Å². The average molecular weight is 292 g/mol. The van der Waals surface area contributed by atoms with Crippen LogP contribution in [0, 0.1) is 11.3 Å². The van der Waals surface area contributed by atoms with E-state index in [0.29, 0.717) is 0 Å². The van der Waals surface area contributed by atoms with Gasteiger partial charge in [0, 0.05) is 10.5 Å². The highest BCUT2D eigenvalue weighted by Gasteiger charge is 2.11. The van der Waals surface area contributed by atoms with Gasteiger partial charge in [0.1, 0.15) is 12.4 Å². The van der Waals surface area contributed by atoms with Crippen molar-refractivity contribution in [2.75, 3.05) is 0 Å². The highest BCUT2D eigenvalue weighted by Crippen LogP contribution is 2.23. The zero-order valence-electron chi connectivity index (χ0n) is 9.13. The third kappa shape index (κ3) is 2.35. The summed E-state index contributed by atoms with van der Waals surface area (Å²) in [6.07, 6.45) is 1.51.